The van der Waals surface area contributed by atoms with Crippen LogP contribution >= 0.6 is 0 Å². The van der Waals surface area contributed by atoms with E-state index in [1.54, 1.807) is 0 Å². The Hall–Kier alpha value is -1.61. The Morgan fingerprint density at radius 2 is 2.00 bits per heavy atom. The largest absolute Gasteiger partial charge is 0.441 e. The molecule has 0 saturated heterocycles. The summed E-state index contributed by atoms with van der Waals surface area (Å²) in [6, 6.07) is 6.19. The molecule has 90 valence electrons. The van der Waals surface area contributed by atoms with Crippen LogP contribution in [0.25, 0.3) is 11.5 Å². The number of aliphatic hydroxyl groups is 1. The molecule has 1 aromatic heterocycles. The predicted molar refractivity (Wildman–Crippen MR) is 66.9 cm³/mol. The number of rotatable bonds is 3. The summed E-state index contributed by atoms with van der Waals surface area (Å²) < 4.78 is 5.65. The first-order valence-electron chi connectivity index (χ1n) is 5.76. The molecule has 0 atom stereocenters. The lowest BCUT2D eigenvalue weighted by Gasteiger charge is -2.02. The van der Waals surface area contributed by atoms with Crippen molar-refractivity contribution in [3.63, 3.8) is 0 Å². The molecule has 0 aliphatic heterocycles. The Morgan fingerprint density at radius 3 is 2.65 bits per heavy atom. The maximum Gasteiger partial charge on any atom is 0.226 e. The lowest BCUT2D eigenvalue weighted by atomic mass is 10.1. The van der Waals surface area contributed by atoms with E-state index in [0.29, 0.717) is 12.3 Å². The van der Waals surface area contributed by atoms with E-state index in [4.69, 9.17) is 9.52 Å². The van der Waals surface area contributed by atoms with Crippen molar-refractivity contribution >= 4 is 0 Å². The molecular weight excluding hydrogens is 214 g/mol. The number of aromatic nitrogens is 1. The second-order valence-corrected chi connectivity index (χ2v) is 4.31. The first kappa shape index (κ1) is 11.9. The topological polar surface area (TPSA) is 46.3 Å². The molecule has 3 nitrogen and oxygen atoms in total. The van der Waals surface area contributed by atoms with Crippen LogP contribution in [0.2, 0.25) is 0 Å². The number of aliphatic hydroxyl groups excluding tert-OH is 1. The van der Waals surface area contributed by atoms with Gasteiger partial charge in [0.25, 0.3) is 0 Å². The Balaban J connectivity index is 2.42. The summed E-state index contributed by atoms with van der Waals surface area (Å²) in [7, 11) is 0. The Bertz CT molecular complexity index is 529. The summed E-state index contributed by atoms with van der Waals surface area (Å²) in [5, 5.41) is 8.93. The highest BCUT2D eigenvalue weighted by Gasteiger charge is 2.12. The van der Waals surface area contributed by atoms with Gasteiger partial charge in [0.05, 0.1) is 5.69 Å². The number of hydrogen-bond acceptors (Lipinski definition) is 3. The number of benzene rings is 1. The molecule has 17 heavy (non-hydrogen) atoms. The van der Waals surface area contributed by atoms with Gasteiger partial charge in [-0.25, -0.2) is 4.98 Å². The summed E-state index contributed by atoms with van der Waals surface area (Å²) in [5.41, 5.74) is 4.23. The van der Waals surface area contributed by atoms with Crippen LogP contribution in [0.3, 0.4) is 0 Å². The molecule has 1 heterocycles. The van der Waals surface area contributed by atoms with E-state index in [9.17, 15) is 0 Å². The SMILES string of the molecule is Cc1ccc(-c2nc(CCO)c(C)o2)c(C)c1. The molecule has 0 unspecified atom stereocenters. The highest BCUT2D eigenvalue weighted by Crippen LogP contribution is 2.25. The minimum absolute atomic E-state index is 0.0969. The molecule has 0 aliphatic rings. The monoisotopic (exact) mass is 231 g/mol. The van der Waals surface area contributed by atoms with Gasteiger partial charge < -0.3 is 9.52 Å². The number of nitrogens with zero attached hydrogens (tertiary/aromatic N) is 1. The van der Waals surface area contributed by atoms with Gasteiger partial charge in [0.1, 0.15) is 5.76 Å². The molecule has 0 saturated carbocycles. The van der Waals surface area contributed by atoms with E-state index in [-0.39, 0.29) is 6.61 Å². The van der Waals surface area contributed by atoms with Gasteiger partial charge in [-0.1, -0.05) is 17.7 Å². The molecule has 3 heteroatoms. The average Bonchev–Trinajstić information content (AvgIpc) is 2.60. The summed E-state index contributed by atoms with van der Waals surface area (Å²) >= 11 is 0. The van der Waals surface area contributed by atoms with Gasteiger partial charge in [-0.3, -0.25) is 0 Å². The van der Waals surface area contributed by atoms with Gasteiger partial charge in [0.15, 0.2) is 0 Å². The standard InChI is InChI=1S/C14H17NO2/c1-9-4-5-12(10(2)8-9)14-15-13(6-7-16)11(3)17-14/h4-5,8,16H,6-7H2,1-3H3. The third kappa shape index (κ3) is 2.39. The van der Waals surface area contributed by atoms with E-state index in [2.05, 4.69) is 18.0 Å². The maximum absolute atomic E-state index is 8.93. The third-order valence-electron chi connectivity index (χ3n) is 2.85. The van der Waals surface area contributed by atoms with Crippen molar-refractivity contribution in [3.8, 4) is 11.5 Å². The van der Waals surface area contributed by atoms with E-state index in [1.165, 1.54) is 5.56 Å². The second kappa shape index (κ2) is 4.72. The number of hydrogen-bond donors (Lipinski definition) is 1. The molecule has 2 rings (SSSR count). The smallest absolute Gasteiger partial charge is 0.226 e. The zero-order valence-corrected chi connectivity index (χ0v) is 10.4. The Kier molecular flexibility index (Phi) is 3.29. The fraction of sp³-hybridized carbons (Fsp3) is 0.357. The van der Waals surface area contributed by atoms with Gasteiger partial charge in [-0.05, 0) is 32.4 Å². The molecular formula is C14H17NO2. The molecule has 1 N–H and O–H groups in total. The molecule has 0 radical (unpaired) electrons. The Morgan fingerprint density at radius 1 is 1.24 bits per heavy atom. The molecule has 0 spiro atoms. The van der Waals surface area contributed by atoms with Crippen LogP contribution in [0.5, 0.6) is 0 Å². The van der Waals surface area contributed by atoms with E-state index >= 15 is 0 Å². The van der Waals surface area contributed by atoms with Crippen molar-refractivity contribution in [2.24, 2.45) is 0 Å². The van der Waals surface area contributed by atoms with Crippen molar-refractivity contribution < 1.29 is 9.52 Å². The van der Waals surface area contributed by atoms with Gasteiger partial charge in [0.2, 0.25) is 5.89 Å². The lowest BCUT2D eigenvalue weighted by molar-refractivity contribution is 0.297. The molecule has 0 fully saturated rings. The van der Waals surface area contributed by atoms with Gasteiger partial charge in [-0.2, -0.15) is 0 Å². The minimum atomic E-state index is 0.0969. The van der Waals surface area contributed by atoms with Crippen LogP contribution < -0.4 is 0 Å². The normalized spacial score (nSPS) is 10.8. The number of aryl methyl sites for hydroxylation is 3. The van der Waals surface area contributed by atoms with Gasteiger partial charge in [-0.15, -0.1) is 0 Å². The lowest BCUT2D eigenvalue weighted by Crippen LogP contribution is -1.93. The minimum Gasteiger partial charge on any atom is -0.441 e. The van der Waals surface area contributed by atoms with Crippen LogP contribution in [0.4, 0.5) is 0 Å². The molecule has 1 aromatic carbocycles. The molecule has 0 bridgehead atoms. The van der Waals surface area contributed by atoms with Crippen LogP contribution in [-0.4, -0.2) is 16.7 Å². The van der Waals surface area contributed by atoms with Crippen LogP contribution in [-0.2, 0) is 6.42 Å². The summed E-state index contributed by atoms with van der Waals surface area (Å²) in [6.45, 7) is 6.09. The van der Waals surface area contributed by atoms with Gasteiger partial charge >= 0.3 is 0 Å². The zero-order chi connectivity index (χ0) is 12.4. The molecule has 2 aromatic rings. The van der Waals surface area contributed by atoms with E-state index < -0.39 is 0 Å². The van der Waals surface area contributed by atoms with Crippen LogP contribution in [0.15, 0.2) is 22.6 Å². The van der Waals surface area contributed by atoms with Crippen molar-refractivity contribution in [2.45, 2.75) is 27.2 Å². The van der Waals surface area contributed by atoms with Crippen molar-refractivity contribution in [1.29, 1.82) is 0 Å². The third-order valence-corrected chi connectivity index (χ3v) is 2.85. The van der Waals surface area contributed by atoms with Gasteiger partial charge in [0, 0.05) is 18.6 Å². The predicted octanol–water partition coefficient (Wildman–Crippen LogP) is 2.80. The summed E-state index contributed by atoms with van der Waals surface area (Å²) in [4.78, 5) is 4.43. The highest BCUT2D eigenvalue weighted by atomic mass is 16.4. The average molecular weight is 231 g/mol. The number of oxazole rings is 1. The highest BCUT2D eigenvalue weighted by molar-refractivity contribution is 5.59. The van der Waals surface area contributed by atoms with Crippen molar-refractivity contribution in [1.82, 2.24) is 4.98 Å². The summed E-state index contributed by atoms with van der Waals surface area (Å²) in [5.74, 6) is 1.43. The fourth-order valence-corrected chi connectivity index (χ4v) is 1.93. The van der Waals surface area contributed by atoms with E-state index in [0.717, 1.165) is 22.6 Å². The first-order valence-corrected chi connectivity index (χ1v) is 5.76. The first-order chi connectivity index (χ1) is 8.11. The van der Waals surface area contributed by atoms with Crippen molar-refractivity contribution in [2.75, 3.05) is 6.61 Å². The van der Waals surface area contributed by atoms with Crippen LogP contribution in [0.1, 0.15) is 22.6 Å². The molecule has 0 amide bonds. The van der Waals surface area contributed by atoms with Crippen molar-refractivity contribution in [3.05, 3.63) is 40.8 Å². The fourth-order valence-electron chi connectivity index (χ4n) is 1.93. The molecule has 0 aliphatic carbocycles. The zero-order valence-electron chi connectivity index (χ0n) is 10.4. The summed E-state index contributed by atoms with van der Waals surface area (Å²) in [6.07, 6.45) is 0.542. The Labute approximate surface area is 101 Å². The second-order valence-electron chi connectivity index (χ2n) is 4.31. The quantitative estimate of drug-likeness (QED) is 0.883. The van der Waals surface area contributed by atoms with Crippen LogP contribution in [0, 0.1) is 20.8 Å². The maximum atomic E-state index is 8.93. The van der Waals surface area contributed by atoms with E-state index in [1.807, 2.05) is 26.0 Å².